The van der Waals surface area contributed by atoms with E-state index in [-0.39, 0.29) is 29.6 Å². The number of benzene rings is 4. The van der Waals surface area contributed by atoms with E-state index >= 15 is 0 Å². The number of amides is 2. The van der Waals surface area contributed by atoms with Crippen LogP contribution in [0.2, 0.25) is 0 Å². The summed E-state index contributed by atoms with van der Waals surface area (Å²) in [6.45, 7) is 4.75. The first kappa shape index (κ1) is 35.2. The number of anilines is 1. The molecule has 0 bridgehead atoms. The summed E-state index contributed by atoms with van der Waals surface area (Å²) in [4.78, 5) is 29.5. The number of halogens is 3. The van der Waals surface area contributed by atoms with Gasteiger partial charge < -0.3 is 10.2 Å². The van der Waals surface area contributed by atoms with Crippen molar-refractivity contribution in [1.82, 2.24) is 10.2 Å². The van der Waals surface area contributed by atoms with Crippen LogP contribution in [-0.4, -0.2) is 43.8 Å². The van der Waals surface area contributed by atoms with Gasteiger partial charge in [-0.3, -0.25) is 13.9 Å². The SMILES string of the molecule is CC[C@@H](C)NC(=O)[C@@H](Cc1ccccc1)N(Cc1ccc(C)cc1)C(=O)CN(c1cccc(C(F)(F)F)c1)S(=O)(=O)c1ccccc1. The Hall–Kier alpha value is -4.64. The molecule has 47 heavy (non-hydrogen) atoms. The molecule has 0 radical (unpaired) electrons. The third kappa shape index (κ3) is 9.22. The number of sulfonamides is 1. The number of alkyl halides is 3. The Balaban J connectivity index is 1.84. The van der Waals surface area contributed by atoms with Crippen molar-refractivity contribution >= 4 is 27.5 Å². The number of rotatable bonds is 13. The first-order valence-electron chi connectivity index (χ1n) is 15.2. The van der Waals surface area contributed by atoms with Crippen molar-refractivity contribution in [3.05, 3.63) is 131 Å². The number of aryl methyl sites for hydroxylation is 1. The van der Waals surface area contributed by atoms with Crippen molar-refractivity contribution in [2.45, 2.75) is 63.3 Å². The lowest BCUT2D eigenvalue weighted by Gasteiger charge is -2.34. The summed E-state index contributed by atoms with van der Waals surface area (Å²) in [5, 5.41) is 2.96. The Kier molecular flexibility index (Phi) is 11.5. The molecule has 2 atom stereocenters. The second-order valence-corrected chi connectivity index (χ2v) is 13.3. The highest BCUT2D eigenvalue weighted by molar-refractivity contribution is 7.92. The van der Waals surface area contributed by atoms with Crippen LogP contribution < -0.4 is 9.62 Å². The van der Waals surface area contributed by atoms with E-state index in [0.29, 0.717) is 22.4 Å². The van der Waals surface area contributed by atoms with E-state index in [4.69, 9.17) is 0 Å². The van der Waals surface area contributed by atoms with Gasteiger partial charge in [0.2, 0.25) is 11.8 Å². The molecule has 4 aromatic carbocycles. The Morgan fingerprint density at radius 3 is 2.04 bits per heavy atom. The van der Waals surface area contributed by atoms with E-state index in [0.717, 1.165) is 23.3 Å². The van der Waals surface area contributed by atoms with Crippen LogP contribution in [0.4, 0.5) is 18.9 Å². The van der Waals surface area contributed by atoms with E-state index in [1.807, 2.05) is 75.4 Å². The lowest BCUT2D eigenvalue weighted by molar-refractivity contribution is -0.140. The normalized spacial score (nSPS) is 13.0. The topological polar surface area (TPSA) is 86.8 Å². The molecule has 0 aromatic heterocycles. The van der Waals surface area contributed by atoms with Crippen molar-refractivity contribution in [2.75, 3.05) is 10.8 Å². The highest BCUT2D eigenvalue weighted by Gasteiger charge is 2.36. The molecule has 0 aliphatic carbocycles. The zero-order valence-electron chi connectivity index (χ0n) is 26.4. The van der Waals surface area contributed by atoms with Gasteiger partial charge in [-0.1, -0.05) is 91.3 Å². The van der Waals surface area contributed by atoms with Gasteiger partial charge in [0, 0.05) is 19.0 Å². The molecular formula is C36H38F3N3O4S. The maximum Gasteiger partial charge on any atom is 0.416 e. The van der Waals surface area contributed by atoms with E-state index in [2.05, 4.69) is 5.32 Å². The number of carbonyl (C=O) groups excluding carboxylic acids is 2. The van der Waals surface area contributed by atoms with Crippen LogP contribution >= 0.6 is 0 Å². The van der Waals surface area contributed by atoms with Gasteiger partial charge in [-0.25, -0.2) is 8.42 Å². The monoisotopic (exact) mass is 665 g/mol. The van der Waals surface area contributed by atoms with E-state index < -0.39 is 46.2 Å². The highest BCUT2D eigenvalue weighted by atomic mass is 32.2. The van der Waals surface area contributed by atoms with Crippen LogP contribution in [0.25, 0.3) is 0 Å². The van der Waals surface area contributed by atoms with Gasteiger partial charge in [0.05, 0.1) is 16.1 Å². The predicted molar refractivity (Wildman–Crippen MR) is 176 cm³/mol. The summed E-state index contributed by atoms with van der Waals surface area (Å²) < 4.78 is 70.0. The smallest absolute Gasteiger partial charge is 0.352 e. The lowest BCUT2D eigenvalue weighted by Crippen LogP contribution is -2.54. The number of nitrogens with zero attached hydrogens (tertiary/aromatic N) is 2. The van der Waals surface area contributed by atoms with Crippen molar-refractivity contribution in [3.63, 3.8) is 0 Å². The van der Waals surface area contributed by atoms with Gasteiger partial charge in [0.1, 0.15) is 12.6 Å². The molecule has 4 rings (SSSR count). The molecule has 0 heterocycles. The molecule has 0 saturated carbocycles. The molecule has 7 nitrogen and oxygen atoms in total. The Labute approximate surface area is 274 Å². The fraction of sp³-hybridized carbons (Fsp3) is 0.278. The van der Waals surface area contributed by atoms with Crippen LogP contribution in [0, 0.1) is 6.92 Å². The second-order valence-electron chi connectivity index (χ2n) is 11.4. The van der Waals surface area contributed by atoms with Crippen LogP contribution in [-0.2, 0) is 38.8 Å². The average molecular weight is 666 g/mol. The van der Waals surface area contributed by atoms with Gasteiger partial charge in [-0.15, -0.1) is 0 Å². The minimum absolute atomic E-state index is 0.0493. The summed E-state index contributed by atoms with van der Waals surface area (Å²) in [6.07, 6.45) is -4.00. The molecular weight excluding hydrogens is 627 g/mol. The maximum absolute atomic E-state index is 14.5. The molecule has 0 spiro atoms. The van der Waals surface area contributed by atoms with Gasteiger partial charge in [0.25, 0.3) is 10.0 Å². The molecule has 1 N–H and O–H groups in total. The molecule has 0 unspecified atom stereocenters. The second kappa shape index (κ2) is 15.3. The molecule has 11 heteroatoms. The van der Waals surface area contributed by atoms with Gasteiger partial charge in [-0.2, -0.15) is 13.2 Å². The summed E-state index contributed by atoms with van der Waals surface area (Å²) in [5.41, 5.74) is 1.03. The third-order valence-corrected chi connectivity index (χ3v) is 9.61. The molecule has 248 valence electrons. The van der Waals surface area contributed by atoms with Crippen molar-refractivity contribution in [3.8, 4) is 0 Å². The standard InChI is InChI=1S/C36H38F3N3O4S/c1-4-27(3)40-35(44)33(22-28-12-7-5-8-13-28)41(24-29-20-18-26(2)19-21-29)34(43)25-42(47(45,46)32-16-9-6-10-17-32)31-15-11-14-30(23-31)36(37,38)39/h5-21,23,27,33H,4,22,24-25H2,1-3H3,(H,40,44)/t27-,33-/m1/s1. The number of carbonyl (C=O) groups is 2. The predicted octanol–water partition coefficient (Wildman–Crippen LogP) is 6.76. The molecule has 2 amide bonds. The van der Waals surface area contributed by atoms with Crippen LogP contribution in [0.5, 0.6) is 0 Å². The van der Waals surface area contributed by atoms with E-state index in [9.17, 15) is 31.2 Å². The first-order valence-corrected chi connectivity index (χ1v) is 16.7. The summed E-state index contributed by atoms with van der Waals surface area (Å²) in [6, 6.07) is 26.2. The van der Waals surface area contributed by atoms with E-state index in [1.165, 1.54) is 35.2 Å². The van der Waals surface area contributed by atoms with Crippen LogP contribution in [0.1, 0.15) is 42.5 Å². The minimum atomic E-state index is -4.76. The maximum atomic E-state index is 14.5. The largest absolute Gasteiger partial charge is 0.416 e. The van der Waals surface area contributed by atoms with Gasteiger partial charge in [0.15, 0.2) is 0 Å². The van der Waals surface area contributed by atoms with Crippen molar-refractivity contribution in [1.29, 1.82) is 0 Å². The number of nitrogens with one attached hydrogen (secondary N) is 1. The number of hydrogen-bond donors (Lipinski definition) is 1. The van der Waals surface area contributed by atoms with Crippen LogP contribution in [0.3, 0.4) is 0 Å². The molecule has 0 aliphatic heterocycles. The minimum Gasteiger partial charge on any atom is -0.352 e. The zero-order valence-corrected chi connectivity index (χ0v) is 27.3. The summed E-state index contributed by atoms with van der Waals surface area (Å²) >= 11 is 0. The van der Waals surface area contributed by atoms with E-state index in [1.54, 1.807) is 6.07 Å². The Morgan fingerprint density at radius 2 is 1.45 bits per heavy atom. The highest BCUT2D eigenvalue weighted by Crippen LogP contribution is 2.33. The fourth-order valence-electron chi connectivity index (χ4n) is 4.97. The number of hydrogen-bond acceptors (Lipinski definition) is 4. The van der Waals surface area contributed by atoms with Crippen LogP contribution in [0.15, 0.2) is 114 Å². The summed E-state index contributed by atoms with van der Waals surface area (Å²) in [5.74, 6) is -1.19. The summed E-state index contributed by atoms with van der Waals surface area (Å²) in [7, 11) is -4.53. The molecule has 0 saturated heterocycles. The fourth-order valence-corrected chi connectivity index (χ4v) is 6.40. The quantitative estimate of drug-likeness (QED) is 0.171. The third-order valence-electron chi connectivity index (χ3n) is 7.82. The van der Waals surface area contributed by atoms with Gasteiger partial charge >= 0.3 is 6.18 Å². The molecule has 0 fully saturated rings. The Morgan fingerprint density at radius 1 is 0.830 bits per heavy atom. The zero-order chi connectivity index (χ0) is 34.2. The molecule has 0 aliphatic rings. The van der Waals surface area contributed by atoms with Gasteiger partial charge in [-0.05, 0) is 61.7 Å². The lowest BCUT2D eigenvalue weighted by atomic mass is 10.0. The average Bonchev–Trinajstić information content (AvgIpc) is 3.06. The van der Waals surface area contributed by atoms with Crippen molar-refractivity contribution in [2.24, 2.45) is 0 Å². The Bertz CT molecular complexity index is 1750. The first-order chi connectivity index (χ1) is 22.3. The van der Waals surface area contributed by atoms with Crippen molar-refractivity contribution < 1.29 is 31.2 Å². The molecule has 4 aromatic rings.